The van der Waals surface area contributed by atoms with Crippen LogP contribution >= 0.6 is 0 Å². The largest absolute Gasteiger partial charge is 0.397 e. The highest BCUT2D eigenvalue weighted by Gasteiger charge is 2.26. The van der Waals surface area contributed by atoms with Gasteiger partial charge in [0.15, 0.2) is 0 Å². The molecule has 1 aliphatic rings. The van der Waals surface area contributed by atoms with Crippen LogP contribution in [0.25, 0.3) is 0 Å². The van der Waals surface area contributed by atoms with E-state index in [0.29, 0.717) is 29.6 Å². The zero-order chi connectivity index (χ0) is 15.2. The van der Waals surface area contributed by atoms with Gasteiger partial charge in [0.1, 0.15) is 0 Å². The molecule has 1 saturated carbocycles. The van der Waals surface area contributed by atoms with E-state index in [4.69, 9.17) is 5.73 Å². The lowest BCUT2D eigenvalue weighted by Gasteiger charge is -2.19. The normalized spacial score (nSPS) is 21.2. The van der Waals surface area contributed by atoms with E-state index in [1.54, 1.807) is 12.1 Å². The van der Waals surface area contributed by atoms with Crippen molar-refractivity contribution in [1.82, 2.24) is 5.32 Å². The fourth-order valence-electron chi connectivity index (χ4n) is 2.99. The summed E-state index contributed by atoms with van der Waals surface area (Å²) in [6.07, 6.45) is 3.44. The van der Waals surface area contributed by atoms with E-state index >= 15 is 0 Å². The van der Waals surface area contributed by atoms with E-state index in [0.717, 1.165) is 25.1 Å². The van der Waals surface area contributed by atoms with Crippen LogP contribution in [0.5, 0.6) is 0 Å². The molecule has 0 heterocycles. The summed E-state index contributed by atoms with van der Waals surface area (Å²) >= 11 is 0. The minimum Gasteiger partial charge on any atom is -0.397 e. The molecule has 1 aromatic carbocycles. The molecule has 2 unspecified atom stereocenters. The van der Waals surface area contributed by atoms with Crippen molar-refractivity contribution < 1.29 is 9.90 Å². The van der Waals surface area contributed by atoms with Gasteiger partial charge in [-0.25, -0.2) is 0 Å². The van der Waals surface area contributed by atoms with Crippen LogP contribution in [-0.2, 0) is 0 Å². The van der Waals surface area contributed by atoms with Crippen LogP contribution in [-0.4, -0.2) is 30.7 Å². The van der Waals surface area contributed by atoms with E-state index in [1.165, 1.54) is 6.42 Å². The predicted molar refractivity (Wildman–Crippen MR) is 85.3 cm³/mol. The van der Waals surface area contributed by atoms with Gasteiger partial charge in [0, 0.05) is 25.3 Å². The lowest BCUT2D eigenvalue weighted by atomic mass is 9.97. The maximum absolute atomic E-state index is 11.7. The van der Waals surface area contributed by atoms with Crippen LogP contribution in [0.15, 0.2) is 18.2 Å². The number of hydrogen-bond acceptors (Lipinski definition) is 4. The Hall–Kier alpha value is -1.75. The van der Waals surface area contributed by atoms with Gasteiger partial charge in [-0.1, -0.05) is 6.42 Å². The first-order valence-electron chi connectivity index (χ1n) is 7.68. The van der Waals surface area contributed by atoms with E-state index in [1.807, 2.05) is 13.0 Å². The van der Waals surface area contributed by atoms with Gasteiger partial charge in [-0.15, -0.1) is 0 Å². The molecule has 2 atom stereocenters. The minimum atomic E-state index is -0.105. The first-order valence-corrected chi connectivity index (χ1v) is 7.68. The van der Waals surface area contributed by atoms with Crippen LogP contribution in [0, 0.1) is 11.8 Å². The minimum absolute atomic E-state index is 0.105. The first-order chi connectivity index (χ1) is 10.2. The van der Waals surface area contributed by atoms with Crippen molar-refractivity contribution in [2.24, 2.45) is 11.8 Å². The molecule has 0 spiro atoms. The SMILES string of the molecule is CCNC(=O)c1ccc(NCC2CCCC2CO)c(N)c1. The molecule has 1 amide bonds. The summed E-state index contributed by atoms with van der Waals surface area (Å²) in [5.41, 5.74) is 8.03. The summed E-state index contributed by atoms with van der Waals surface area (Å²) in [4.78, 5) is 11.7. The molecule has 0 saturated heterocycles. The Kier molecular flexibility index (Phi) is 5.44. The maximum atomic E-state index is 11.7. The molecule has 1 aromatic rings. The monoisotopic (exact) mass is 291 g/mol. The lowest BCUT2D eigenvalue weighted by Crippen LogP contribution is -2.23. The van der Waals surface area contributed by atoms with Gasteiger partial charge in [0.05, 0.1) is 11.4 Å². The zero-order valence-electron chi connectivity index (χ0n) is 12.6. The Labute approximate surface area is 125 Å². The average Bonchev–Trinajstić information content (AvgIpc) is 2.93. The summed E-state index contributed by atoms with van der Waals surface area (Å²) in [6.45, 7) is 3.56. The Morgan fingerprint density at radius 2 is 2.14 bits per heavy atom. The molecule has 1 aliphatic carbocycles. The van der Waals surface area contributed by atoms with Crippen molar-refractivity contribution in [1.29, 1.82) is 0 Å². The standard InChI is InChI=1S/C16H25N3O2/c1-2-18-16(21)11-6-7-15(14(17)8-11)19-9-12-4-3-5-13(12)10-20/h6-8,12-13,19-20H,2-5,9-10,17H2,1H3,(H,18,21). The predicted octanol–water partition coefficient (Wildman–Crippen LogP) is 1.84. The molecular weight excluding hydrogens is 266 g/mol. The van der Waals surface area contributed by atoms with Gasteiger partial charge in [-0.3, -0.25) is 4.79 Å². The highest BCUT2D eigenvalue weighted by molar-refractivity contribution is 5.96. The Bertz CT molecular complexity index is 490. The van der Waals surface area contributed by atoms with Crippen LogP contribution in [0.1, 0.15) is 36.5 Å². The molecule has 0 aliphatic heterocycles. The number of carbonyl (C=O) groups excluding carboxylic acids is 1. The number of aliphatic hydroxyl groups is 1. The number of nitrogens with one attached hydrogen (secondary N) is 2. The Balaban J connectivity index is 1.96. The van der Waals surface area contributed by atoms with E-state index in [-0.39, 0.29) is 12.5 Å². The highest BCUT2D eigenvalue weighted by atomic mass is 16.3. The van der Waals surface area contributed by atoms with Gasteiger partial charge in [0.25, 0.3) is 5.91 Å². The Morgan fingerprint density at radius 3 is 2.81 bits per heavy atom. The molecule has 0 radical (unpaired) electrons. The molecule has 2 rings (SSSR count). The van der Waals surface area contributed by atoms with Gasteiger partial charge < -0.3 is 21.5 Å². The van der Waals surface area contributed by atoms with Crippen LogP contribution in [0.3, 0.4) is 0 Å². The molecule has 1 fully saturated rings. The molecule has 0 aromatic heterocycles. The summed E-state index contributed by atoms with van der Waals surface area (Å²) in [5.74, 6) is 0.790. The van der Waals surface area contributed by atoms with Crippen molar-refractivity contribution in [3.05, 3.63) is 23.8 Å². The molecule has 5 N–H and O–H groups in total. The van der Waals surface area contributed by atoms with E-state index in [9.17, 15) is 9.90 Å². The number of rotatable bonds is 6. The molecule has 116 valence electrons. The Morgan fingerprint density at radius 1 is 1.38 bits per heavy atom. The first kappa shape index (κ1) is 15.6. The van der Waals surface area contributed by atoms with Crippen molar-refractivity contribution in [3.63, 3.8) is 0 Å². The fourth-order valence-corrected chi connectivity index (χ4v) is 2.99. The summed E-state index contributed by atoms with van der Waals surface area (Å²) in [6, 6.07) is 5.33. The molecular formula is C16H25N3O2. The second-order valence-corrected chi connectivity index (χ2v) is 5.68. The number of carbonyl (C=O) groups is 1. The number of aliphatic hydroxyl groups excluding tert-OH is 1. The van der Waals surface area contributed by atoms with Crippen molar-refractivity contribution >= 4 is 17.3 Å². The number of benzene rings is 1. The lowest BCUT2D eigenvalue weighted by molar-refractivity contribution is 0.0956. The quantitative estimate of drug-likeness (QED) is 0.602. The second kappa shape index (κ2) is 7.31. The van der Waals surface area contributed by atoms with Gasteiger partial charge >= 0.3 is 0 Å². The molecule has 5 nitrogen and oxygen atoms in total. The number of anilines is 2. The molecule has 21 heavy (non-hydrogen) atoms. The third-order valence-electron chi connectivity index (χ3n) is 4.26. The smallest absolute Gasteiger partial charge is 0.251 e. The van der Waals surface area contributed by atoms with Crippen molar-refractivity contribution in [3.8, 4) is 0 Å². The summed E-state index contributed by atoms with van der Waals surface area (Å²) < 4.78 is 0. The summed E-state index contributed by atoms with van der Waals surface area (Å²) in [5, 5.41) is 15.4. The second-order valence-electron chi connectivity index (χ2n) is 5.68. The van der Waals surface area contributed by atoms with Crippen LogP contribution in [0.4, 0.5) is 11.4 Å². The zero-order valence-corrected chi connectivity index (χ0v) is 12.6. The number of nitrogen functional groups attached to an aromatic ring is 1. The fraction of sp³-hybridized carbons (Fsp3) is 0.562. The van der Waals surface area contributed by atoms with Crippen LogP contribution in [0.2, 0.25) is 0 Å². The van der Waals surface area contributed by atoms with Crippen LogP contribution < -0.4 is 16.4 Å². The van der Waals surface area contributed by atoms with Gasteiger partial charge in [-0.2, -0.15) is 0 Å². The third-order valence-corrected chi connectivity index (χ3v) is 4.26. The molecule has 0 bridgehead atoms. The third kappa shape index (κ3) is 3.88. The van der Waals surface area contributed by atoms with Gasteiger partial charge in [0.2, 0.25) is 0 Å². The topological polar surface area (TPSA) is 87.4 Å². The van der Waals surface area contributed by atoms with Crippen molar-refractivity contribution in [2.45, 2.75) is 26.2 Å². The highest BCUT2D eigenvalue weighted by Crippen LogP contribution is 2.32. The van der Waals surface area contributed by atoms with Gasteiger partial charge in [-0.05, 0) is 49.8 Å². The number of nitrogens with two attached hydrogens (primary N) is 1. The number of hydrogen-bond donors (Lipinski definition) is 4. The maximum Gasteiger partial charge on any atom is 0.251 e. The number of amides is 1. The van der Waals surface area contributed by atoms with E-state index < -0.39 is 0 Å². The molecule has 5 heteroatoms. The van der Waals surface area contributed by atoms with Crippen molar-refractivity contribution in [2.75, 3.05) is 30.7 Å². The average molecular weight is 291 g/mol. The summed E-state index contributed by atoms with van der Waals surface area (Å²) in [7, 11) is 0. The van der Waals surface area contributed by atoms with E-state index in [2.05, 4.69) is 10.6 Å².